The molecule has 1 aliphatic carbocycles. The highest BCUT2D eigenvalue weighted by Gasteiger charge is 2.37. The van der Waals surface area contributed by atoms with E-state index in [1.165, 1.54) is 6.42 Å². The van der Waals surface area contributed by atoms with Gasteiger partial charge in [0.1, 0.15) is 13.7 Å². The van der Waals surface area contributed by atoms with Crippen LogP contribution in [-0.4, -0.2) is 35.9 Å². The quantitative estimate of drug-likeness (QED) is 0.601. The van der Waals surface area contributed by atoms with Crippen LogP contribution in [0.25, 0.3) is 0 Å². The number of nitrogen functional groups attached to an aromatic ring is 1. The van der Waals surface area contributed by atoms with Crippen LogP contribution in [0.4, 0.5) is 15.9 Å². The zero-order valence-corrected chi connectivity index (χ0v) is 16.3. The van der Waals surface area contributed by atoms with Crippen LogP contribution in [0.3, 0.4) is 0 Å². The molecule has 2 aliphatic rings. The SMILES string of the molecule is [B]C1(F)CCC(C2CCCCN2C(=C)C(=C)Nc2cnc(N)c(C)c2)CC1. The summed E-state index contributed by atoms with van der Waals surface area (Å²) in [6, 6.07) is 2.34. The minimum atomic E-state index is -1.49. The number of hydrogen-bond donors (Lipinski definition) is 2. The fourth-order valence-corrected chi connectivity index (χ4v) is 4.36. The number of pyridine rings is 1. The number of nitrogens with one attached hydrogen (secondary N) is 1. The van der Waals surface area contributed by atoms with E-state index in [0.717, 1.165) is 54.9 Å². The maximum Gasteiger partial charge on any atom is 0.126 e. The van der Waals surface area contributed by atoms with Gasteiger partial charge in [-0.25, -0.2) is 4.98 Å². The monoisotopic (exact) mass is 368 g/mol. The number of hydrogen-bond acceptors (Lipinski definition) is 4. The molecule has 144 valence electrons. The van der Waals surface area contributed by atoms with Gasteiger partial charge in [0.2, 0.25) is 0 Å². The number of alkyl halides is 1. The van der Waals surface area contributed by atoms with Gasteiger partial charge in [0.25, 0.3) is 0 Å². The molecule has 4 nitrogen and oxygen atoms in total. The Bertz CT molecular complexity index is 708. The third kappa shape index (κ3) is 4.66. The zero-order chi connectivity index (χ0) is 19.6. The average molecular weight is 368 g/mol. The topological polar surface area (TPSA) is 54.2 Å². The van der Waals surface area contributed by atoms with Crippen LogP contribution in [0.2, 0.25) is 0 Å². The molecule has 1 aromatic heterocycles. The summed E-state index contributed by atoms with van der Waals surface area (Å²) in [6.07, 6.45) is 7.73. The second kappa shape index (κ2) is 7.95. The predicted octanol–water partition coefficient (Wildman–Crippen LogP) is 4.29. The summed E-state index contributed by atoms with van der Waals surface area (Å²) < 4.78 is 14.0. The number of anilines is 2. The van der Waals surface area contributed by atoms with E-state index in [9.17, 15) is 4.39 Å². The Morgan fingerprint density at radius 1 is 1.33 bits per heavy atom. The third-order valence-corrected chi connectivity index (χ3v) is 6.06. The molecule has 0 amide bonds. The molecule has 2 radical (unpaired) electrons. The first kappa shape index (κ1) is 19.8. The normalized spacial score (nSPS) is 28.6. The van der Waals surface area contributed by atoms with Crippen LogP contribution in [0.5, 0.6) is 0 Å². The van der Waals surface area contributed by atoms with Gasteiger partial charge >= 0.3 is 0 Å². The van der Waals surface area contributed by atoms with Crippen LogP contribution in [-0.2, 0) is 0 Å². The molecule has 2 heterocycles. The summed E-state index contributed by atoms with van der Waals surface area (Å²) in [5, 5.41) is 3.31. The van der Waals surface area contributed by atoms with Crippen molar-refractivity contribution in [3.05, 3.63) is 42.4 Å². The van der Waals surface area contributed by atoms with Crippen molar-refractivity contribution in [1.82, 2.24) is 9.88 Å². The van der Waals surface area contributed by atoms with Gasteiger partial charge in [-0.1, -0.05) is 13.2 Å². The third-order valence-electron chi connectivity index (χ3n) is 6.06. The molecule has 0 spiro atoms. The minimum absolute atomic E-state index is 0.382. The number of likely N-dealkylation sites (tertiary alicyclic amines) is 1. The first-order valence-electron chi connectivity index (χ1n) is 9.88. The summed E-state index contributed by atoms with van der Waals surface area (Å²) >= 11 is 0. The van der Waals surface area contributed by atoms with Gasteiger partial charge < -0.3 is 16.0 Å². The maximum absolute atomic E-state index is 14.0. The molecule has 27 heavy (non-hydrogen) atoms. The first-order valence-corrected chi connectivity index (χ1v) is 9.88. The number of aromatic nitrogens is 1. The number of halogens is 1. The lowest BCUT2D eigenvalue weighted by atomic mass is 9.67. The fourth-order valence-electron chi connectivity index (χ4n) is 4.36. The van der Waals surface area contributed by atoms with E-state index in [1.807, 2.05) is 13.0 Å². The Kier molecular flexibility index (Phi) is 5.82. The Labute approximate surface area is 163 Å². The molecule has 0 bridgehead atoms. The van der Waals surface area contributed by atoms with Crippen LogP contribution in [0, 0.1) is 12.8 Å². The van der Waals surface area contributed by atoms with Crippen molar-refractivity contribution in [2.24, 2.45) is 5.92 Å². The molecule has 1 saturated heterocycles. The summed E-state index contributed by atoms with van der Waals surface area (Å²) in [5.74, 6) is 0.991. The molecular weight excluding hydrogens is 338 g/mol. The first-order chi connectivity index (χ1) is 12.8. The summed E-state index contributed by atoms with van der Waals surface area (Å²) in [4.78, 5) is 6.55. The molecule has 2 fully saturated rings. The van der Waals surface area contributed by atoms with E-state index in [4.69, 9.17) is 13.6 Å². The Balaban J connectivity index is 1.67. The number of piperidine rings is 1. The van der Waals surface area contributed by atoms with E-state index < -0.39 is 5.57 Å². The molecular formula is C21H30BFN4. The van der Waals surface area contributed by atoms with E-state index >= 15 is 0 Å². The molecule has 3 rings (SSSR count). The van der Waals surface area contributed by atoms with Crippen molar-refractivity contribution in [3.8, 4) is 0 Å². The van der Waals surface area contributed by atoms with E-state index in [0.29, 0.717) is 30.6 Å². The molecule has 0 aromatic carbocycles. The lowest BCUT2D eigenvalue weighted by molar-refractivity contribution is 0.0811. The van der Waals surface area contributed by atoms with Crippen LogP contribution in [0.15, 0.2) is 36.8 Å². The molecule has 1 saturated carbocycles. The van der Waals surface area contributed by atoms with Gasteiger partial charge in [-0.2, -0.15) is 0 Å². The van der Waals surface area contributed by atoms with Crippen LogP contribution in [0.1, 0.15) is 50.5 Å². The van der Waals surface area contributed by atoms with Gasteiger partial charge in [-0.15, -0.1) is 0 Å². The number of nitrogens with two attached hydrogens (primary N) is 1. The van der Waals surface area contributed by atoms with E-state index in [-0.39, 0.29) is 0 Å². The lowest BCUT2D eigenvalue weighted by Gasteiger charge is -2.46. The van der Waals surface area contributed by atoms with Crippen LogP contribution >= 0.6 is 0 Å². The molecule has 1 aliphatic heterocycles. The highest BCUT2D eigenvalue weighted by molar-refractivity contribution is 6.14. The molecule has 6 heteroatoms. The van der Waals surface area contributed by atoms with Gasteiger partial charge in [0.05, 0.1) is 28.8 Å². The van der Waals surface area contributed by atoms with Crippen molar-refractivity contribution in [1.29, 1.82) is 0 Å². The second-order valence-corrected chi connectivity index (χ2v) is 8.10. The van der Waals surface area contributed by atoms with Gasteiger partial charge in [0.15, 0.2) is 0 Å². The second-order valence-electron chi connectivity index (χ2n) is 8.10. The molecule has 1 unspecified atom stereocenters. The summed E-state index contributed by atoms with van der Waals surface area (Å²) in [7, 11) is 5.68. The van der Waals surface area contributed by atoms with E-state index in [1.54, 1.807) is 6.20 Å². The summed E-state index contributed by atoms with van der Waals surface area (Å²) in [5.41, 5.74) is 7.75. The predicted molar refractivity (Wildman–Crippen MR) is 111 cm³/mol. The standard InChI is InChI=1S/C21H30BFN4/c1-14-12-18(13-25-20(14)24)26-15(2)16(3)27-11-5-4-6-19(27)17-7-9-21(22,23)10-8-17/h12-13,17,19,26H,2-11H2,1H3,(H2,24,25). The minimum Gasteiger partial charge on any atom is -0.383 e. The lowest BCUT2D eigenvalue weighted by Crippen LogP contribution is -2.46. The van der Waals surface area contributed by atoms with E-state index in [2.05, 4.69) is 28.4 Å². The van der Waals surface area contributed by atoms with Crippen molar-refractivity contribution in [2.45, 2.75) is 63.5 Å². The van der Waals surface area contributed by atoms with Gasteiger partial charge in [0, 0.05) is 12.6 Å². The smallest absolute Gasteiger partial charge is 0.126 e. The fraction of sp³-hybridized carbons (Fsp3) is 0.571. The summed E-state index contributed by atoms with van der Waals surface area (Å²) in [6.45, 7) is 11.4. The number of nitrogens with zero attached hydrogens (tertiary/aromatic N) is 2. The average Bonchev–Trinajstić information content (AvgIpc) is 2.64. The van der Waals surface area contributed by atoms with Crippen molar-refractivity contribution in [2.75, 3.05) is 17.6 Å². The van der Waals surface area contributed by atoms with Crippen molar-refractivity contribution in [3.63, 3.8) is 0 Å². The Morgan fingerprint density at radius 3 is 2.70 bits per heavy atom. The Hall–Kier alpha value is -1.98. The van der Waals surface area contributed by atoms with Gasteiger partial charge in [-0.05, 0) is 69.4 Å². The van der Waals surface area contributed by atoms with Gasteiger partial charge in [-0.3, -0.25) is 4.39 Å². The molecule has 1 aromatic rings. The van der Waals surface area contributed by atoms with Crippen molar-refractivity contribution >= 4 is 19.4 Å². The van der Waals surface area contributed by atoms with Crippen LogP contribution < -0.4 is 11.1 Å². The zero-order valence-electron chi connectivity index (χ0n) is 16.3. The van der Waals surface area contributed by atoms with Crippen molar-refractivity contribution < 1.29 is 4.39 Å². The highest BCUT2D eigenvalue weighted by Crippen LogP contribution is 2.39. The number of rotatable bonds is 5. The Morgan fingerprint density at radius 2 is 2.04 bits per heavy atom. The number of aryl methyl sites for hydroxylation is 1. The molecule has 1 atom stereocenters. The maximum atomic E-state index is 14.0. The molecule has 3 N–H and O–H groups in total. The largest absolute Gasteiger partial charge is 0.383 e. The highest BCUT2D eigenvalue weighted by atomic mass is 19.1.